The smallest absolute Gasteiger partial charge is 0.312 e. The zero-order chi connectivity index (χ0) is 10.1. The highest BCUT2D eigenvalue weighted by Crippen LogP contribution is 2.43. The van der Waals surface area contributed by atoms with Gasteiger partial charge < -0.3 is 13.6 Å². The lowest BCUT2D eigenvalue weighted by molar-refractivity contribution is 0.241. The predicted octanol–water partition coefficient (Wildman–Crippen LogP) is 3.64. The molecule has 3 nitrogen and oxygen atoms in total. The molecule has 84 valence electrons. The van der Waals surface area contributed by atoms with Gasteiger partial charge in [-0.05, 0) is 6.42 Å². The van der Waals surface area contributed by atoms with Crippen molar-refractivity contribution in [3.05, 3.63) is 0 Å². The highest BCUT2D eigenvalue weighted by molar-refractivity contribution is 7.41. The number of hydrogen-bond donors (Lipinski definition) is 0. The van der Waals surface area contributed by atoms with Crippen LogP contribution in [-0.4, -0.2) is 19.8 Å². The number of rotatable bonds is 8. The van der Waals surface area contributed by atoms with E-state index in [0.717, 1.165) is 13.0 Å². The molecular formula is C10H21O3P. The Morgan fingerprint density at radius 3 is 2.36 bits per heavy atom. The molecular weight excluding hydrogens is 199 g/mol. The van der Waals surface area contributed by atoms with Gasteiger partial charge in [0.2, 0.25) is 0 Å². The molecule has 1 fully saturated rings. The summed E-state index contributed by atoms with van der Waals surface area (Å²) in [6, 6.07) is 0. The third kappa shape index (κ3) is 5.92. The van der Waals surface area contributed by atoms with E-state index in [1.165, 1.54) is 32.1 Å². The first-order valence-electron chi connectivity index (χ1n) is 5.62. The molecule has 1 aliphatic heterocycles. The van der Waals surface area contributed by atoms with Crippen LogP contribution in [0, 0.1) is 0 Å². The Labute approximate surface area is 88.1 Å². The van der Waals surface area contributed by atoms with E-state index >= 15 is 0 Å². The Hall–Kier alpha value is 0.310. The molecule has 1 rings (SSSR count). The van der Waals surface area contributed by atoms with Gasteiger partial charge in [-0.2, -0.15) is 0 Å². The quantitative estimate of drug-likeness (QED) is 0.461. The maximum Gasteiger partial charge on any atom is 0.332 e. The minimum Gasteiger partial charge on any atom is -0.312 e. The highest BCUT2D eigenvalue weighted by atomic mass is 31.2. The van der Waals surface area contributed by atoms with Gasteiger partial charge in [-0.1, -0.05) is 39.0 Å². The molecule has 0 aromatic heterocycles. The molecule has 0 spiro atoms. The van der Waals surface area contributed by atoms with Crippen LogP contribution >= 0.6 is 8.60 Å². The lowest BCUT2D eigenvalue weighted by atomic mass is 10.1. The molecule has 0 radical (unpaired) electrons. The van der Waals surface area contributed by atoms with E-state index in [0.29, 0.717) is 13.2 Å². The molecule has 0 amide bonds. The summed E-state index contributed by atoms with van der Waals surface area (Å²) in [6.45, 7) is 4.42. The molecule has 0 unspecified atom stereocenters. The van der Waals surface area contributed by atoms with E-state index in [4.69, 9.17) is 13.6 Å². The summed E-state index contributed by atoms with van der Waals surface area (Å²) in [5.41, 5.74) is 0. The van der Waals surface area contributed by atoms with Crippen LogP contribution in [0.5, 0.6) is 0 Å². The van der Waals surface area contributed by atoms with Crippen molar-refractivity contribution in [3.63, 3.8) is 0 Å². The first-order chi connectivity index (χ1) is 6.93. The fraction of sp³-hybridized carbons (Fsp3) is 1.00. The van der Waals surface area contributed by atoms with Crippen LogP contribution in [0.25, 0.3) is 0 Å². The summed E-state index contributed by atoms with van der Waals surface area (Å²) < 4.78 is 15.9. The number of unbranched alkanes of at least 4 members (excludes halogenated alkanes) is 5. The van der Waals surface area contributed by atoms with Crippen molar-refractivity contribution in [2.45, 2.75) is 45.4 Å². The van der Waals surface area contributed by atoms with Crippen LogP contribution in [0.3, 0.4) is 0 Å². The van der Waals surface area contributed by atoms with Crippen LogP contribution in [0.4, 0.5) is 0 Å². The van der Waals surface area contributed by atoms with E-state index in [2.05, 4.69) is 6.92 Å². The van der Waals surface area contributed by atoms with Gasteiger partial charge in [0.1, 0.15) is 0 Å². The zero-order valence-corrected chi connectivity index (χ0v) is 9.93. The molecule has 0 aliphatic carbocycles. The van der Waals surface area contributed by atoms with E-state index in [-0.39, 0.29) is 0 Å². The molecule has 14 heavy (non-hydrogen) atoms. The van der Waals surface area contributed by atoms with Gasteiger partial charge in [0, 0.05) is 0 Å². The summed E-state index contributed by atoms with van der Waals surface area (Å²) in [7, 11) is -0.973. The topological polar surface area (TPSA) is 27.7 Å². The molecule has 0 N–H and O–H groups in total. The largest absolute Gasteiger partial charge is 0.332 e. The maximum absolute atomic E-state index is 5.43. The Morgan fingerprint density at radius 2 is 1.64 bits per heavy atom. The van der Waals surface area contributed by atoms with Gasteiger partial charge in [0.05, 0.1) is 19.8 Å². The molecule has 0 bridgehead atoms. The Balaban J connectivity index is 1.75. The van der Waals surface area contributed by atoms with Crippen molar-refractivity contribution in [3.8, 4) is 0 Å². The molecule has 0 saturated carbocycles. The fourth-order valence-electron chi connectivity index (χ4n) is 1.36. The van der Waals surface area contributed by atoms with Crippen LogP contribution in [0.1, 0.15) is 45.4 Å². The van der Waals surface area contributed by atoms with E-state index in [1.807, 2.05) is 0 Å². The molecule has 1 saturated heterocycles. The van der Waals surface area contributed by atoms with Crippen LogP contribution < -0.4 is 0 Å². The standard InChI is InChI=1S/C10H21O3P/c1-2-3-4-5-6-7-8-11-14-12-9-10-13-14/h2-10H2,1H3. The lowest BCUT2D eigenvalue weighted by Crippen LogP contribution is -1.90. The third-order valence-corrected chi connectivity index (χ3v) is 3.35. The first kappa shape index (κ1) is 12.4. The molecule has 0 atom stereocenters. The maximum atomic E-state index is 5.43. The van der Waals surface area contributed by atoms with Crippen molar-refractivity contribution in [2.75, 3.05) is 19.8 Å². The molecule has 1 heterocycles. The second kappa shape index (κ2) is 8.60. The third-order valence-electron chi connectivity index (χ3n) is 2.17. The number of hydrogen-bond acceptors (Lipinski definition) is 3. The van der Waals surface area contributed by atoms with Crippen molar-refractivity contribution < 1.29 is 13.6 Å². The molecule has 0 aromatic rings. The minimum atomic E-state index is -0.973. The van der Waals surface area contributed by atoms with Gasteiger partial charge >= 0.3 is 8.60 Å². The normalized spacial score (nSPS) is 17.8. The lowest BCUT2D eigenvalue weighted by Gasteiger charge is -2.07. The zero-order valence-electron chi connectivity index (χ0n) is 9.04. The van der Waals surface area contributed by atoms with Crippen molar-refractivity contribution in [1.29, 1.82) is 0 Å². The van der Waals surface area contributed by atoms with Crippen LogP contribution in [-0.2, 0) is 13.6 Å². The summed E-state index contributed by atoms with van der Waals surface area (Å²) >= 11 is 0. The SMILES string of the molecule is CCCCCCCCOP1OCCO1. The molecule has 1 aliphatic rings. The van der Waals surface area contributed by atoms with Crippen molar-refractivity contribution in [2.24, 2.45) is 0 Å². The monoisotopic (exact) mass is 220 g/mol. The molecule has 4 heteroatoms. The van der Waals surface area contributed by atoms with Gasteiger partial charge in [-0.25, -0.2) is 0 Å². The van der Waals surface area contributed by atoms with E-state index in [1.54, 1.807) is 0 Å². The summed E-state index contributed by atoms with van der Waals surface area (Å²) in [6.07, 6.45) is 7.76. The summed E-state index contributed by atoms with van der Waals surface area (Å²) in [4.78, 5) is 0. The predicted molar refractivity (Wildman–Crippen MR) is 58.2 cm³/mol. The van der Waals surface area contributed by atoms with Gasteiger partial charge in [0.25, 0.3) is 0 Å². The first-order valence-corrected chi connectivity index (χ1v) is 6.72. The van der Waals surface area contributed by atoms with Gasteiger partial charge in [-0.3, -0.25) is 0 Å². The second-order valence-electron chi connectivity index (χ2n) is 3.49. The Kier molecular flexibility index (Phi) is 7.61. The average molecular weight is 220 g/mol. The van der Waals surface area contributed by atoms with Gasteiger partial charge in [-0.15, -0.1) is 0 Å². The second-order valence-corrected chi connectivity index (χ2v) is 4.71. The molecule has 0 aromatic carbocycles. The summed E-state index contributed by atoms with van der Waals surface area (Å²) in [5, 5.41) is 0. The Bertz CT molecular complexity index is 127. The summed E-state index contributed by atoms with van der Waals surface area (Å²) in [5.74, 6) is 0. The highest BCUT2D eigenvalue weighted by Gasteiger charge is 2.17. The van der Waals surface area contributed by atoms with Gasteiger partial charge in [0.15, 0.2) is 0 Å². The average Bonchev–Trinajstić information content (AvgIpc) is 2.69. The van der Waals surface area contributed by atoms with E-state index in [9.17, 15) is 0 Å². The fourth-order valence-corrected chi connectivity index (χ4v) is 2.31. The Morgan fingerprint density at radius 1 is 1.00 bits per heavy atom. The van der Waals surface area contributed by atoms with Crippen LogP contribution in [0.2, 0.25) is 0 Å². The van der Waals surface area contributed by atoms with Crippen molar-refractivity contribution in [1.82, 2.24) is 0 Å². The van der Waals surface area contributed by atoms with Crippen molar-refractivity contribution >= 4 is 8.60 Å². The van der Waals surface area contributed by atoms with E-state index < -0.39 is 8.60 Å². The minimum absolute atomic E-state index is 0.697. The van der Waals surface area contributed by atoms with Crippen LogP contribution in [0.15, 0.2) is 0 Å².